The summed E-state index contributed by atoms with van der Waals surface area (Å²) in [5, 5.41) is 0.491. The summed E-state index contributed by atoms with van der Waals surface area (Å²) in [6.07, 6.45) is 1.42. The number of hydrogen-bond donors (Lipinski definition) is 1. The molecule has 5 rings (SSSR count). The number of carbonyl (C=O) groups excluding carboxylic acids is 1. The van der Waals surface area contributed by atoms with E-state index < -0.39 is 10.0 Å². The Morgan fingerprint density at radius 2 is 1.61 bits per heavy atom. The smallest absolute Gasteiger partial charge is 0.261 e. The Labute approximate surface area is 215 Å². The fraction of sp³-hybridized carbons (Fsp3) is 0.107. The predicted octanol–water partition coefficient (Wildman–Crippen LogP) is 6.53. The molecule has 1 aliphatic rings. The maximum Gasteiger partial charge on any atom is 0.261 e. The fourth-order valence-electron chi connectivity index (χ4n) is 4.16. The monoisotopic (exact) mass is 518 g/mol. The molecule has 36 heavy (non-hydrogen) atoms. The average Bonchev–Trinajstić information content (AvgIpc) is 2.89. The lowest BCUT2D eigenvalue weighted by Gasteiger charge is -2.30. The summed E-state index contributed by atoms with van der Waals surface area (Å²) in [5.41, 5.74) is 2.44. The number of benzene rings is 4. The van der Waals surface area contributed by atoms with Crippen LogP contribution in [0.2, 0.25) is 5.02 Å². The molecule has 1 aliphatic heterocycles. The molecule has 6 nitrogen and oxygen atoms in total. The van der Waals surface area contributed by atoms with Crippen LogP contribution in [0.25, 0.3) is 0 Å². The van der Waals surface area contributed by atoms with Gasteiger partial charge in [-0.25, -0.2) is 8.42 Å². The predicted molar refractivity (Wildman–Crippen MR) is 142 cm³/mol. The van der Waals surface area contributed by atoms with Gasteiger partial charge in [0.2, 0.25) is 0 Å². The number of sulfonamides is 1. The average molecular weight is 519 g/mol. The van der Waals surface area contributed by atoms with Gasteiger partial charge in [0.15, 0.2) is 0 Å². The third kappa shape index (κ3) is 5.22. The minimum absolute atomic E-state index is 0.142. The molecule has 0 aromatic heterocycles. The van der Waals surface area contributed by atoms with Crippen LogP contribution in [-0.2, 0) is 16.4 Å². The van der Waals surface area contributed by atoms with E-state index in [1.807, 2.05) is 30.3 Å². The largest absolute Gasteiger partial charge is 0.457 e. The summed E-state index contributed by atoms with van der Waals surface area (Å²) in [6, 6.07) is 27.7. The van der Waals surface area contributed by atoms with Crippen LogP contribution in [0.5, 0.6) is 11.5 Å². The first kappa shape index (κ1) is 23.9. The van der Waals surface area contributed by atoms with E-state index in [4.69, 9.17) is 16.3 Å². The standard InChI is InChI=1S/C28H23ClN2O4S/c29-22-8-4-6-21(18-22)28(32)31-17-5-7-20-19-26(15-16-27(20)31)36(33,34)30-23-11-13-25(14-12-23)35-24-9-2-1-3-10-24/h1-4,6,8-16,18-19,30H,5,7,17H2. The molecule has 0 bridgehead atoms. The van der Waals surface area contributed by atoms with Crippen molar-refractivity contribution in [2.75, 3.05) is 16.2 Å². The third-order valence-electron chi connectivity index (χ3n) is 5.88. The number of carbonyl (C=O) groups is 1. The van der Waals surface area contributed by atoms with Crippen LogP contribution in [0.1, 0.15) is 22.3 Å². The highest BCUT2D eigenvalue weighted by Crippen LogP contribution is 2.32. The van der Waals surface area contributed by atoms with E-state index in [9.17, 15) is 13.2 Å². The first-order valence-electron chi connectivity index (χ1n) is 11.5. The lowest BCUT2D eigenvalue weighted by Crippen LogP contribution is -2.35. The van der Waals surface area contributed by atoms with Crippen molar-refractivity contribution in [3.05, 3.63) is 113 Å². The van der Waals surface area contributed by atoms with Gasteiger partial charge in [-0.3, -0.25) is 9.52 Å². The third-order valence-corrected chi connectivity index (χ3v) is 7.50. The van der Waals surface area contributed by atoms with E-state index in [2.05, 4.69) is 4.72 Å². The second kappa shape index (κ2) is 10.0. The zero-order chi connectivity index (χ0) is 25.1. The molecule has 0 spiro atoms. The Balaban J connectivity index is 1.33. The van der Waals surface area contributed by atoms with Crippen LogP contribution in [0.15, 0.2) is 102 Å². The molecule has 0 saturated heterocycles. The maximum absolute atomic E-state index is 13.1. The SMILES string of the molecule is O=C(c1cccc(Cl)c1)N1CCCc2cc(S(=O)(=O)Nc3ccc(Oc4ccccc4)cc3)ccc21. The van der Waals surface area contributed by atoms with E-state index >= 15 is 0 Å². The summed E-state index contributed by atoms with van der Waals surface area (Å²) in [5.74, 6) is 1.13. The maximum atomic E-state index is 13.1. The molecule has 8 heteroatoms. The summed E-state index contributed by atoms with van der Waals surface area (Å²) in [7, 11) is -3.83. The van der Waals surface area contributed by atoms with Gasteiger partial charge < -0.3 is 9.64 Å². The minimum atomic E-state index is -3.83. The minimum Gasteiger partial charge on any atom is -0.457 e. The van der Waals surface area contributed by atoms with Crippen LogP contribution in [-0.4, -0.2) is 20.9 Å². The van der Waals surface area contributed by atoms with Gasteiger partial charge in [-0.15, -0.1) is 0 Å². The van der Waals surface area contributed by atoms with Crippen LogP contribution in [0, 0.1) is 0 Å². The highest BCUT2D eigenvalue weighted by Gasteiger charge is 2.26. The molecule has 1 N–H and O–H groups in total. The van der Waals surface area contributed by atoms with Crippen LogP contribution in [0.4, 0.5) is 11.4 Å². The summed E-state index contributed by atoms with van der Waals surface area (Å²) < 4.78 is 34.6. The van der Waals surface area contributed by atoms with E-state index in [1.165, 1.54) is 6.07 Å². The summed E-state index contributed by atoms with van der Waals surface area (Å²) in [4.78, 5) is 14.9. The number of hydrogen-bond acceptors (Lipinski definition) is 4. The zero-order valence-corrected chi connectivity index (χ0v) is 20.8. The number of anilines is 2. The number of ether oxygens (including phenoxy) is 1. The lowest BCUT2D eigenvalue weighted by molar-refractivity contribution is 0.0985. The number of halogens is 1. The molecule has 0 radical (unpaired) electrons. The topological polar surface area (TPSA) is 75.7 Å². The Morgan fingerprint density at radius 3 is 2.36 bits per heavy atom. The quantitative estimate of drug-likeness (QED) is 0.315. The van der Waals surface area contributed by atoms with Crippen molar-refractivity contribution in [3.8, 4) is 11.5 Å². The second-order valence-electron chi connectivity index (χ2n) is 8.41. The molecule has 0 atom stereocenters. The molecular formula is C28H23ClN2O4S. The fourth-order valence-corrected chi connectivity index (χ4v) is 5.46. The second-order valence-corrected chi connectivity index (χ2v) is 10.5. The molecule has 0 aliphatic carbocycles. The number of aryl methyl sites for hydroxylation is 1. The molecule has 0 fully saturated rings. The molecule has 182 valence electrons. The first-order chi connectivity index (χ1) is 17.4. The number of fused-ring (bicyclic) bond motifs is 1. The molecular weight excluding hydrogens is 496 g/mol. The number of nitrogens with one attached hydrogen (secondary N) is 1. The van der Waals surface area contributed by atoms with Gasteiger partial charge in [-0.2, -0.15) is 0 Å². The van der Waals surface area contributed by atoms with Crippen LogP contribution >= 0.6 is 11.6 Å². The summed E-state index contributed by atoms with van der Waals surface area (Å²) in [6.45, 7) is 0.556. The van der Waals surface area contributed by atoms with Crippen molar-refractivity contribution >= 4 is 38.9 Å². The first-order valence-corrected chi connectivity index (χ1v) is 13.3. The van der Waals surface area contributed by atoms with Crippen molar-refractivity contribution in [2.45, 2.75) is 17.7 Å². The molecule has 1 amide bonds. The van der Waals surface area contributed by atoms with E-state index in [0.717, 1.165) is 12.0 Å². The number of nitrogens with zero attached hydrogens (tertiary/aromatic N) is 1. The molecule has 4 aromatic rings. The normalized spacial score (nSPS) is 13.1. The molecule has 4 aromatic carbocycles. The van der Waals surface area contributed by atoms with Gasteiger partial charge in [0.25, 0.3) is 15.9 Å². The lowest BCUT2D eigenvalue weighted by atomic mass is 10.0. The van der Waals surface area contributed by atoms with Crippen LogP contribution < -0.4 is 14.4 Å². The number of amides is 1. The van der Waals surface area contributed by atoms with Crippen molar-refractivity contribution in [3.63, 3.8) is 0 Å². The van der Waals surface area contributed by atoms with Crippen LogP contribution in [0.3, 0.4) is 0 Å². The van der Waals surface area contributed by atoms with Gasteiger partial charge in [0.1, 0.15) is 11.5 Å². The van der Waals surface area contributed by atoms with Gasteiger partial charge in [0.05, 0.1) is 4.90 Å². The van der Waals surface area contributed by atoms with Crippen molar-refractivity contribution in [1.29, 1.82) is 0 Å². The highest BCUT2D eigenvalue weighted by molar-refractivity contribution is 7.92. The number of rotatable bonds is 6. The molecule has 0 saturated carbocycles. The van der Waals surface area contributed by atoms with Crippen molar-refractivity contribution in [2.24, 2.45) is 0 Å². The van der Waals surface area contributed by atoms with Crippen molar-refractivity contribution < 1.29 is 17.9 Å². The molecule has 0 unspecified atom stereocenters. The van der Waals surface area contributed by atoms with Gasteiger partial charge in [0, 0.05) is 28.5 Å². The van der Waals surface area contributed by atoms with E-state index in [0.29, 0.717) is 46.4 Å². The highest BCUT2D eigenvalue weighted by atomic mass is 35.5. The Morgan fingerprint density at radius 1 is 0.861 bits per heavy atom. The Hall–Kier alpha value is -3.81. The zero-order valence-electron chi connectivity index (χ0n) is 19.2. The Kier molecular flexibility index (Phi) is 6.67. The summed E-state index contributed by atoms with van der Waals surface area (Å²) >= 11 is 6.06. The van der Waals surface area contributed by atoms with E-state index in [-0.39, 0.29) is 10.8 Å². The molecule has 1 heterocycles. The number of para-hydroxylation sites is 1. The van der Waals surface area contributed by atoms with Gasteiger partial charge in [-0.05, 0) is 91.2 Å². The van der Waals surface area contributed by atoms with E-state index in [1.54, 1.807) is 65.6 Å². The Bertz CT molecular complexity index is 1510. The van der Waals surface area contributed by atoms with Gasteiger partial charge in [-0.1, -0.05) is 35.9 Å². The van der Waals surface area contributed by atoms with Gasteiger partial charge >= 0.3 is 0 Å². The van der Waals surface area contributed by atoms with Crippen molar-refractivity contribution in [1.82, 2.24) is 0 Å².